The molecule has 0 saturated carbocycles. The summed E-state index contributed by atoms with van der Waals surface area (Å²) in [5.74, 6) is 1.50. The minimum atomic E-state index is 0. The molecule has 0 aromatic carbocycles. The number of pyridine rings is 1. The predicted octanol–water partition coefficient (Wildman–Crippen LogP) is 2.38. The van der Waals surface area contributed by atoms with Gasteiger partial charge in [-0.05, 0) is 54.0 Å². The molecule has 0 atom stereocenters. The van der Waals surface area contributed by atoms with Crippen molar-refractivity contribution in [3.05, 3.63) is 28.6 Å². The number of hydrogen-bond acceptors (Lipinski definition) is 3. The number of nitrogens with zero attached hydrogens (tertiary/aromatic N) is 3. The van der Waals surface area contributed by atoms with Crippen LogP contribution in [0.4, 0.5) is 0 Å². The van der Waals surface area contributed by atoms with E-state index in [4.69, 9.17) is 0 Å². The molecule has 92 valence electrons. The molecule has 1 aliphatic heterocycles. The number of aromatic nitrogens is 3. The molecule has 0 amide bonds. The Kier molecular flexibility index (Phi) is 4.01. The first-order chi connectivity index (χ1) is 7.83. The highest BCUT2D eigenvalue weighted by Gasteiger charge is 2.19. The van der Waals surface area contributed by atoms with E-state index in [2.05, 4.69) is 31.3 Å². The van der Waals surface area contributed by atoms with Crippen LogP contribution in [-0.2, 0) is 0 Å². The van der Waals surface area contributed by atoms with Gasteiger partial charge >= 0.3 is 0 Å². The molecular formula is C11H14BrClN4. The van der Waals surface area contributed by atoms with Crippen LogP contribution in [-0.4, -0.2) is 27.7 Å². The van der Waals surface area contributed by atoms with Crippen molar-refractivity contribution in [2.24, 2.45) is 0 Å². The van der Waals surface area contributed by atoms with E-state index in [-0.39, 0.29) is 12.4 Å². The van der Waals surface area contributed by atoms with Gasteiger partial charge in [-0.1, -0.05) is 0 Å². The third-order valence-corrected chi connectivity index (χ3v) is 3.48. The van der Waals surface area contributed by atoms with Gasteiger partial charge in [-0.25, -0.2) is 9.50 Å². The van der Waals surface area contributed by atoms with Crippen molar-refractivity contribution in [3.63, 3.8) is 0 Å². The van der Waals surface area contributed by atoms with Crippen LogP contribution < -0.4 is 5.32 Å². The van der Waals surface area contributed by atoms with Crippen LogP contribution in [0.1, 0.15) is 24.6 Å². The van der Waals surface area contributed by atoms with Crippen LogP contribution in [0, 0.1) is 0 Å². The van der Waals surface area contributed by atoms with Gasteiger partial charge in [-0.15, -0.1) is 12.4 Å². The summed E-state index contributed by atoms with van der Waals surface area (Å²) in [6.45, 7) is 2.15. The van der Waals surface area contributed by atoms with Crippen LogP contribution in [0.5, 0.6) is 0 Å². The zero-order chi connectivity index (χ0) is 11.0. The van der Waals surface area contributed by atoms with Crippen molar-refractivity contribution in [1.29, 1.82) is 0 Å². The fourth-order valence-electron chi connectivity index (χ4n) is 2.13. The van der Waals surface area contributed by atoms with Crippen LogP contribution >= 0.6 is 28.3 Å². The Morgan fingerprint density at radius 3 is 2.82 bits per heavy atom. The number of rotatable bonds is 1. The number of halogens is 2. The standard InChI is InChI=1S/C11H13BrN4.ClH/c12-9-1-2-10-14-11(15-16(10)7-9)8-3-5-13-6-4-8;/h1-2,7-8,13H,3-6H2;1H. The fraction of sp³-hybridized carbons (Fsp3) is 0.455. The average Bonchev–Trinajstić information content (AvgIpc) is 2.73. The molecule has 1 aliphatic rings. The largest absolute Gasteiger partial charge is 0.317 e. The lowest BCUT2D eigenvalue weighted by Crippen LogP contribution is -2.27. The third-order valence-electron chi connectivity index (χ3n) is 3.02. The van der Waals surface area contributed by atoms with E-state index >= 15 is 0 Å². The zero-order valence-corrected chi connectivity index (χ0v) is 11.7. The van der Waals surface area contributed by atoms with Crippen molar-refractivity contribution in [2.45, 2.75) is 18.8 Å². The molecule has 0 spiro atoms. The molecule has 4 nitrogen and oxygen atoms in total. The molecule has 2 aromatic rings. The summed E-state index contributed by atoms with van der Waals surface area (Å²) in [6.07, 6.45) is 4.23. The van der Waals surface area contributed by atoms with Crippen LogP contribution in [0.3, 0.4) is 0 Å². The summed E-state index contributed by atoms with van der Waals surface area (Å²) >= 11 is 3.44. The smallest absolute Gasteiger partial charge is 0.155 e. The molecule has 1 saturated heterocycles. The van der Waals surface area contributed by atoms with Crippen molar-refractivity contribution in [2.75, 3.05) is 13.1 Å². The molecule has 3 heterocycles. The van der Waals surface area contributed by atoms with E-state index in [1.165, 1.54) is 0 Å². The van der Waals surface area contributed by atoms with Gasteiger partial charge in [-0.3, -0.25) is 0 Å². The molecular weight excluding hydrogens is 304 g/mol. The Morgan fingerprint density at radius 1 is 1.29 bits per heavy atom. The minimum Gasteiger partial charge on any atom is -0.317 e. The number of hydrogen-bond donors (Lipinski definition) is 1. The molecule has 0 radical (unpaired) electrons. The molecule has 1 fully saturated rings. The molecule has 0 bridgehead atoms. The van der Waals surface area contributed by atoms with Crippen molar-refractivity contribution in [3.8, 4) is 0 Å². The van der Waals surface area contributed by atoms with Gasteiger partial charge in [0.15, 0.2) is 11.5 Å². The van der Waals surface area contributed by atoms with Crippen molar-refractivity contribution >= 4 is 34.0 Å². The van der Waals surface area contributed by atoms with Crippen molar-refractivity contribution in [1.82, 2.24) is 19.9 Å². The second-order valence-electron chi connectivity index (χ2n) is 4.14. The van der Waals surface area contributed by atoms with Gasteiger partial charge in [0, 0.05) is 16.6 Å². The Hall–Kier alpha value is -0.650. The van der Waals surface area contributed by atoms with Crippen LogP contribution in [0.25, 0.3) is 5.65 Å². The Balaban J connectivity index is 0.00000108. The van der Waals surface area contributed by atoms with Gasteiger partial charge in [-0.2, -0.15) is 5.10 Å². The summed E-state index contributed by atoms with van der Waals surface area (Å²) < 4.78 is 2.88. The lowest BCUT2D eigenvalue weighted by atomic mass is 9.98. The molecule has 2 aromatic heterocycles. The Bertz CT molecular complexity index is 507. The minimum absolute atomic E-state index is 0. The SMILES string of the molecule is Brc1ccc2nc(C3CCNCC3)nn2c1.Cl. The van der Waals surface area contributed by atoms with E-state index in [0.717, 1.165) is 41.9 Å². The summed E-state index contributed by atoms with van der Waals surface area (Å²) in [6, 6.07) is 3.98. The summed E-state index contributed by atoms with van der Waals surface area (Å²) in [5.41, 5.74) is 0.928. The first-order valence-electron chi connectivity index (χ1n) is 5.55. The average molecular weight is 318 g/mol. The Labute approximate surface area is 114 Å². The normalized spacial score (nSPS) is 17.0. The molecule has 3 rings (SSSR count). The zero-order valence-electron chi connectivity index (χ0n) is 9.27. The second-order valence-corrected chi connectivity index (χ2v) is 5.06. The van der Waals surface area contributed by atoms with E-state index in [1.807, 2.05) is 22.8 Å². The highest BCUT2D eigenvalue weighted by Crippen LogP contribution is 2.23. The van der Waals surface area contributed by atoms with Crippen LogP contribution in [0.2, 0.25) is 0 Å². The summed E-state index contributed by atoms with van der Waals surface area (Å²) in [5, 5.41) is 7.90. The maximum absolute atomic E-state index is 4.58. The van der Waals surface area contributed by atoms with Gasteiger partial charge in [0.1, 0.15) is 0 Å². The third kappa shape index (κ3) is 2.61. The van der Waals surface area contributed by atoms with Gasteiger partial charge in [0.2, 0.25) is 0 Å². The van der Waals surface area contributed by atoms with Gasteiger partial charge in [0.25, 0.3) is 0 Å². The van der Waals surface area contributed by atoms with E-state index < -0.39 is 0 Å². The quantitative estimate of drug-likeness (QED) is 0.878. The maximum Gasteiger partial charge on any atom is 0.155 e. The van der Waals surface area contributed by atoms with E-state index in [9.17, 15) is 0 Å². The molecule has 17 heavy (non-hydrogen) atoms. The lowest BCUT2D eigenvalue weighted by Gasteiger charge is -2.19. The summed E-state index contributed by atoms with van der Waals surface area (Å²) in [7, 11) is 0. The highest BCUT2D eigenvalue weighted by molar-refractivity contribution is 9.10. The second kappa shape index (κ2) is 5.33. The fourth-order valence-corrected chi connectivity index (χ4v) is 2.45. The lowest BCUT2D eigenvalue weighted by molar-refractivity contribution is 0.445. The summed E-state index contributed by atoms with van der Waals surface area (Å²) in [4.78, 5) is 4.58. The molecule has 6 heteroatoms. The van der Waals surface area contributed by atoms with Crippen molar-refractivity contribution < 1.29 is 0 Å². The predicted molar refractivity (Wildman–Crippen MR) is 72.8 cm³/mol. The number of piperidine rings is 1. The van der Waals surface area contributed by atoms with Gasteiger partial charge < -0.3 is 5.32 Å². The van der Waals surface area contributed by atoms with Crippen LogP contribution in [0.15, 0.2) is 22.8 Å². The number of nitrogens with one attached hydrogen (secondary N) is 1. The van der Waals surface area contributed by atoms with E-state index in [0.29, 0.717) is 5.92 Å². The maximum atomic E-state index is 4.58. The molecule has 0 aliphatic carbocycles. The first-order valence-corrected chi connectivity index (χ1v) is 6.35. The monoisotopic (exact) mass is 316 g/mol. The van der Waals surface area contributed by atoms with Gasteiger partial charge in [0.05, 0.1) is 0 Å². The molecule has 1 N–H and O–H groups in total. The topological polar surface area (TPSA) is 42.2 Å². The Morgan fingerprint density at radius 2 is 2.06 bits per heavy atom. The number of fused-ring (bicyclic) bond motifs is 1. The van der Waals surface area contributed by atoms with E-state index in [1.54, 1.807) is 0 Å². The highest BCUT2D eigenvalue weighted by atomic mass is 79.9. The first kappa shape index (κ1) is 12.8. The molecule has 0 unspecified atom stereocenters.